The van der Waals surface area contributed by atoms with Crippen molar-refractivity contribution in [2.45, 2.75) is 31.7 Å². The lowest BCUT2D eigenvalue weighted by molar-refractivity contribution is -0.115. The maximum atomic E-state index is 13.2. The Balaban J connectivity index is 1.90. The third kappa shape index (κ3) is 3.77. The Morgan fingerprint density at radius 2 is 2.00 bits per heavy atom. The quantitative estimate of drug-likeness (QED) is 0.770. The molecule has 2 rings (SSSR count). The van der Waals surface area contributed by atoms with Gasteiger partial charge in [-0.15, -0.1) is 0 Å². The van der Waals surface area contributed by atoms with E-state index in [4.69, 9.17) is 5.11 Å². The molecule has 0 spiro atoms. The molecule has 6 heteroatoms. The van der Waals surface area contributed by atoms with Crippen LogP contribution < -0.4 is 10.6 Å². The number of benzene rings is 1. The van der Waals surface area contributed by atoms with Gasteiger partial charge in [0.15, 0.2) is 0 Å². The van der Waals surface area contributed by atoms with Gasteiger partial charge < -0.3 is 15.7 Å². The Morgan fingerprint density at radius 1 is 1.30 bits per heavy atom. The van der Waals surface area contributed by atoms with E-state index in [-0.39, 0.29) is 18.1 Å². The second-order valence-electron chi connectivity index (χ2n) is 4.91. The largest absolute Gasteiger partial charge is 0.478 e. The molecule has 0 bridgehead atoms. The summed E-state index contributed by atoms with van der Waals surface area (Å²) in [6.45, 7) is 0.171. The average molecular weight is 280 g/mol. The van der Waals surface area contributed by atoms with Crippen LogP contribution in [0, 0.1) is 5.82 Å². The lowest BCUT2D eigenvalue weighted by Crippen LogP contribution is -2.34. The van der Waals surface area contributed by atoms with E-state index in [9.17, 15) is 14.0 Å². The van der Waals surface area contributed by atoms with Crippen LogP contribution in [0.1, 0.15) is 36.0 Å². The average Bonchev–Trinajstić information content (AvgIpc) is 2.91. The van der Waals surface area contributed by atoms with Crippen LogP contribution in [-0.2, 0) is 4.79 Å². The Kier molecular flexibility index (Phi) is 4.68. The van der Waals surface area contributed by atoms with Crippen molar-refractivity contribution in [3.8, 4) is 0 Å². The van der Waals surface area contributed by atoms with Crippen molar-refractivity contribution in [2.24, 2.45) is 0 Å². The predicted octanol–water partition coefficient (Wildman–Crippen LogP) is 1.99. The summed E-state index contributed by atoms with van der Waals surface area (Å²) < 4.78 is 13.2. The van der Waals surface area contributed by atoms with E-state index in [1.807, 2.05) is 0 Å². The van der Waals surface area contributed by atoms with Gasteiger partial charge in [-0.25, -0.2) is 9.18 Å². The van der Waals surface area contributed by atoms with Crippen LogP contribution in [0.25, 0.3) is 0 Å². The van der Waals surface area contributed by atoms with Gasteiger partial charge in [0.1, 0.15) is 5.82 Å². The number of hydrogen-bond acceptors (Lipinski definition) is 3. The van der Waals surface area contributed by atoms with E-state index >= 15 is 0 Å². The van der Waals surface area contributed by atoms with E-state index in [0.29, 0.717) is 6.04 Å². The Hall–Kier alpha value is -1.95. The molecule has 0 aliphatic heterocycles. The number of nitrogens with one attached hydrogen (secondary N) is 2. The molecule has 1 aliphatic carbocycles. The summed E-state index contributed by atoms with van der Waals surface area (Å²) in [4.78, 5) is 22.5. The number of aromatic carboxylic acids is 1. The van der Waals surface area contributed by atoms with Crippen LogP contribution in [-0.4, -0.2) is 29.6 Å². The number of carbonyl (C=O) groups is 2. The molecule has 5 nitrogen and oxygen atoms in total. The fraction of sp³-hybridized carbons (Fsp3) is 0.429. The molecule has 108 valence electrons. The number of anilines is 1. The molecule has 1 fully saturated rings. The normalized spacial score (nSPS) is 15.2. The van der Waals surface area contributed by atoms with Crippen molar-refractivity contribution in [3.05, 3.63) is 29.6 Å². The number of carboxylic acids is 1. The van der Waals surface area contributed by atoms with Crippen LogP contribution in [0.5, 0.6) is 0 Å². The first-order chi connectivity index (χ1) is 9.56. The fourth-order valence-electron chi connectivity index (χ4n) is 2.34. The van der Waals surface area contributed by atoms with Crippen molar-refractivity contribution < 1.29 is 19.1 Å². The second kappa shape index (κ2) is 6.47. The van der Waals surface area contributed by atoms with Gasteiger partial charge in [0.25, 0.3) is 0 Å². The molecule has 0 atom stereocenters. The molecule has 0 heterocycles. The maximum absolute atomic E-state index is 13.2. The summed E-state index contributed by atoms with van der Waals surface area (Å²) in [7, 11) is 0. The fourth-order valence-corrected chi connectivity index (χ4v) is 2.34. The van der Waals surface area contributed by atoms with Crippen LogP contribution in [0.3, 0.4) is 0 Å². The Morgan fingerprint density at radius 3 is 2.65 bits per heavy atom. The Labute approximate surface area is 116 Å². The van der Waals surface area contributed by atoms with Gasteiger partial charge in [-0.3, -0.25) is 4.79 Å². The van der Waals surface area contributed by atoms with E-state index in [2.05, 4.69) is 10.6 Å². The minimum absolute atomic E-state index is 0.171. The minimum atomic E-state index is -1.36. The highest BCUT2D eigenvalue weighted by atomic mass is 19.1. The Bertz CT molecular complexity index is 513. The molecule has 1 amide bonds. The maximum Gasteiger partial charge on any atom is 0.338 e. The van der Waals surface area contributed by atoms with Gasteiger partial charge >= 0.3 is 5.97 Å². The number of hydrogen-bond donors (Lipinski definition) is 3. The third-order valence-corrected chi connectivity index (χ3v) is 3.39. The van der Waals surface area contributed by atoms with Gasteiger partial charge in [-0.05, 0) is 31.0 Å². The molecule has 0 saturated heterocycles. The zero-order chi connectivity index (χ0) is 14.5. The molecule has 20 heavy (non-hydrogen) atoms. The molecule has 1 aromatic carbocycles. The first kappa shape index (κ1) is 14.5. The molecular weight excluding hydrogens is 263 g/mol. The third-order valence-electron chi connectivity index (χ3n) is 3.39. The van der Waals surface area contributed by atoms with Crippen molar-refractivity contribution in [2.75, 3.05) is 11.9 Å². The van der Waals surface area contributed by atoms with Gasteiger partial charge in [0.2, 0.25) is 5.91 Å². The van der Waals surface area contributed by atoms with Gasteiger partial charge in [-0.2, -0.15) is 0 Å². The lowest BCUT2D eigenvalue weighted by atomic mass is 10.2. The SMILES string of the molecule is O=C(CNC1CCCC1)Nc1ccc(F)c(C(=O)O)c1. The van der Waals surface area contributed by atoms with Gasteiger partial charge in [0.05, 0.1) is 12.1 Å². The van der Waals surface area contributed by atoms with Gasteiger partial charge in [-0.1, -0.05) is 12.8 Å². The molecule has 1 saturated carbocycles. The molecular formula is C14H17FN2O3. The van der Waals surface area contributed by atoms with Crippen LogP contribution >= 0.6 is 0 Å². The predicted molar refractivity (Wildman–Crippen MR) is 72.2 cm³/mol. The number of carbonyl (C=O) groups excluding carboxylic acids is 1. The van der Waals surface area contributed by atoms with E-state index in [1.165, 1.54) is 18.9 Å². The number of amides is 1. The summed E-state index contributed by atoms with van der Waals surface area (Å²) in [5.74, 6) is -2.44. The summed E-state index contributed by atoms with van der Waals surface area (Å²) in [5.41, 5.74) is -0.173. The summed E-state index contributed by atoms with van der Waals surface area (Å²) >= 11 is 0. The molecule has 1 aromatic rings. The molecule has 1 aliphatic rings. The topological polar surface area (TPSA) is 78.4 Å². The van der Waals surface area contributed by atoms with Crippen LogP contribution in [0.4, 0.5) is 10.1 Å². The number of carboxylic acid groups (broad SMARTS) is 1. The molecule has 3 N–H and O–H groups in total. The number of rotatable bonds is 5. The smallest absolute Gasteiger partial charge is 0.338 e. The van der Waals surface area contributed by atoms with Crippen molar-refractivity contribution >= 4 is 17.6 Å². The minimum Gasteiger partial charge on any atom is -0.478 e. The van der Waals surface area contributed by atoms with Crippen LogP contribution in [0.15, 0.2) is 18.2 Å². The number of halogens is 1. The van der Waals surface area contributed by atoms with Crippen LogP contribution in [0.2, 0.25) is 0 Å². The molecule has 0 unspecified atom stereocenters. The standard InChI is InChI=1S/C14H17FN2O3/c15-12-6-5-10(7-11(12)14(19)20)17-13(18)8-16-9-3-1-2-4-9/h5-7,9,16H,1-4,8H2,(H,17,18)(H,19,20). The summed E-state index contributed by atoms with van der Waals surface area (Å²) in [5, 5.41) is 14.5. The molecule has 0 radical (unpaired) electrons. The lowest BCUT2D eigenvalue weighted by Gasteiger charge is -2.12. The van der Waals surface area contributed by atoms with E-state index in [1.54, 1.807) is 0 Å². The first-order valence-corrected chi connectivity index (χ1v) is 6.62. The van der Waals surface area contributed by atoms with E-state index < -0.39 is 17.3 Å². The van der Waals surface area contributed by atoms with Gasteiger partial charge in [0, 0.05) is 11.7 Å². The summed E-state index contributed by atoms with van der Waals surface area (Å²) in [6, 6.07) is 3.87. The highest BCUT2D eigenvalue weighted by Gasteiger charge is 2.16. The van der Waals surface area contributed by atoms with Crippen molar-refractivity contribution in [1.82, 2.24) is 5.32 Å². The second-order valence-corrected chi connectivity index (χ2v) is 4.91. The highest BCUT2D eigenvalue weighted by Crippen LogP contribution is 2.17. The zero-order valence-electron chi connectivity index (χ0n) is 11.0. The van der Waals surface area contributed by atoms with Crippen molar-refractivity contribution in [1.29, 1.82) is 0 Å². The van der Waals surface area contributed by atoms with E-state index in [0.717, 1.165) is 25.0 Å². The summed E-state index contributed by atoms with van der Waals surface area (Å²) in [6.07, 6.45) is 4.51. The highest BCUT2D eigenvalue weighted by molar-refractivity contribution is 5.94. The monoisotopic (exact) mass is 280 g/mol. The molecule has 0 aromatic heterocycles. The first-order valence-electron chi connectivity index (χ1n) is 6.62. The van der Waals surface area contributed by atoms with Crippen molar-refractivity contribution in [3.63, 3.8) is 0 Å². The zero-order valence-corrected chi connectivity index (χ0v) is 11.0.